The lowest BCUT2D eigenvalue weighted by Crippen LogP contribution is -1.94. The van der Waals surface area contributed by atoms with Gasteiger partial charge in [0, 0.05) is 29.4 Å². The summed E-state index contributed by atoms with van der Waals surface area (Å²) in [5.41, 5.74) is 10.8. The van der Waals surface area contributed by atoms with E-state index in [1.165, 1.54) is 0 Å². The molecule has 94 valence electrons. The van der Waals surface area contributed by atoms with Crippen LogP contribution in [0, 0.1) is 0 Å². The van der Waals surface area contributed by atoms with Crippen molar-refractivity contribution in [1.82, 2.24) is 4.98 Å². The van der Waals surface area contributed by atoms with Crippen molar-refractivity contribution < 1.29 is 0 Å². The van der Waals surface area contributed by atoms with Gasteiger partial charge in [-0.05, 0) is 24.3 Å². The molecule has 3 rings (SSSR count). The van der Waals surface area contributed by atoms with Crippen LogP contribution in [-0.4, -0.2) is 12.0 Å². The smallest absolute Gasteiger partial charge is 0.0731 e. The van der Waals surface area contributed by atoms with Gasteiger partial charge in [0.15, 0.2) is 0 Å². The monoisotopic (exact) mass is 249 g/mol. The second kappa shape index (κ2) is 4.61. The van der Waals surface area contributed by atoms with Crippen LogP contribution < -0.4 is 11.1 Å². The number of nitrogens with one attached hydrogen (secondary N) is 1. The van der Waals surface area contributed by atoms with Gasteiger partial charge >= 0.3 is 0 Å². The lowest BCUT2D eigenvalue weighted by atomic mass is 10.1. The quantitative estimate of drug-likeness (QED) is 0.730. The molecule has 0 spiro atoms. The van der Waals surface area contributed by atoms with Crippen molar-refractivity contribution in [2.45, 2.75) is 0 Å². The molecule has 1 heterocycles. The van der Waals surface area contributed by atoms with Crippen molar-refractivity contribution in [2.75, 3.05) is 18.1 Å². The number of rotatable bonds is 2. The van der Waals surface area contributed by atoms with Crippen LogP contribution in [0.5, 0.6) is 0 Å². The first-order valence-electron chi connectivity index (χ1n) is 6.21. The molecule has 0 aliphatic rings. The highest BCUT2D eigenvalue weighted by atomic mass is 14.8. The Morgan fingerprint density at radius 1 is 1.00 bits per heavy atom. The second-order valence-corrected chi connectivity index (χ2v) is 4.44. The standard InChI is InChI=1S/C16H15N3/c1-18-12-7-8-15-13(9-12)14(17)10-16(19-15)11-5-3-2-4-6-11/h2-10,18H,1H3,(H2,17,19). The normalized spacial score (nSPS) is 10.6. The van der Waals surface area contributed by atoms with E-state index in [9.17, 15) is 0 Å². The predicted molar refractivity (Wildman–Crippen MR) is 81.1 cm³/mol. The van der Waals surface area contributed by atoms with Crippen molar-refractivity contribution in [3.8, 4) is 11.3 Å². The summed E-state index contributed by atoms with van der Waals surface area (Å²) < 4.78 is 0. The molecule has 0 radical (unpaired) electrons. The van der Waals surface area contributed by atoms with Crippen LogP contribution in [0.3, 0.4) is 0 Å². The van der Waals surface area contributed by atoms with Gasteiger partial charge < -0.3 is 11.1 Å². The van der Waals surface area contributed by atoms with Gasteiger partial charge in [-0.2, -0.15) is 0 Å². The van der Waals surface area contributed by atoms with Gasteiger partial charge in [0.2, 0.25) is 0 Å². The van der Waals surface area contributed by atoms with E-state index >= 15 is 0 Å². The van der Waals surface area contributed by atoms with E-state index in [1.54, 1.807) is 0 Å². The van der Waals surface area contributed by atoms with Gasteiger partial charge in [0.25, 0.3) is 0 Å². The van der Waals surface area contributed by atoms with Gasteiger partial charge in [0.05, 0.1) is 11.2 Å². The number of benzene rings is 2. The second-order valence-electron chi connectivity index (χ2n) is 4.44. The molecule has 2 aromatic carbocycles. The average Bonchev–Trinajstić information content (AvgIpc) is 2.48. The number of nitrogens with two attached hydrogens (primary N) is 1. The number of fused-ring (bicyclic) bond motifs is 1. The molecule has 1 aromatic heterocycles. The first-order valence-corrected chi connectivity index (χ1v) is 6.21. The van der Waals surface area contributed by atoms with Gasteiger partial charge in [-0.1, -0.05) is 30.3 Å². The van der Waals surface area contributed by atoms with Crippen LogP contribution in [0.1, 0.15) is 0 Å². The molecule has 0 bridgehead atoms. The summed E-state index contributed by atoms with van der Waals surface area (Å²) in [6, 6.07) is 18.0. The zero-order chi connectivity index (χ0) is 13.2. The van der Waals surface area contributed by atoms with Crippen LogP contribution in [0.4, 0.5) is 11.4 Å². The molecule has 3 heteroatoms. The largest absolute Gasteiger partial charge is 0.398 e. The van der Waals surface area contributed by atoms with Crippen molar-refractivity contribution in [1.29, 1.82) is 0 Å². The molecule has 0 unspecified atom stereocenters. The van der Waals surface area contributed by atoms with Crippen molar-refractivity contribution >= 4 is 22.3 Å². The first-order chi connectivity index (χ1) is 9.28. The topological polar surface area (TPSA) is 50.9 Å². The summed E-state index contributed by atoms with van der Waals surface area (Å²) in [5.74, 6) is 0. The zero-order valence-electron chi connectivity index (χ0n) is 10.7. The van der Waals surface area contributed by atoms with Crippen LogP contribution in [0.25, 0.3) is 22.2 Å². The fourth-order valence-corrected chi connectivity index (χ4v) is 2.16. The molecule has 0 fully saturated rings. The number of pyridine rings is 1. The minimum atomic E-state index is 0.751. The maximum atomic E-state index is 6.15. The van der Waals surface area contributed by atoms with E-state index in [0.717, 1.165) is 33.5 Å². The average molecular weight is 249 g/mol. The van der Waals surface area contributed by atoms with Gasteiger partial charge in [-0.25, -0.2) is 4.98 Å². The highest BCUT2D eigenvalue weighted by Crippen LogP contribution is 2.28. The molecular formula is C16H15N3. The number of nitrogens with zero attached hydrogens (tertiary/aromatic N) is 1. The van der Waals surface area contributed by atoms with Gasteiger partial charge in [-0.15, -0.1) is 0 Å². The zero-order valence-corrected chi connectivity index (χ0v) is 10.7. The molecule has 3 aromatic rings. The molecule has 0 saturated carbocycles. The number of hydrogen-bond acceptors (Lipinski definition) is 3. The van der Waals surface area contributed by atoms with E-state index in [-0.39, 0.29) is 0 Å². The summed E-state index contributed by atoms with van der Waals surface area (Å²) in [4.78, 5) is 4.67. The van der Waals surface area contributed by atoms with Crippen molar-refractivity contribution in [2.24, 2.45) is 0 Å². The van der Waals surface area contributed by atoms with E-state index in [2.05, 4.69) is 10.3 Å². The predicted octanol–water partition coefficient (Wildman–Crippen LogP) is 3.53. The highest BCUT2D eigenvalue weighted by Gasteiger charge is 2.05. The van der Waals surface area contributed by atoms with Crippen LogP contribution in [0.2, 0.25) is 0 Å². The number of hydrogen-bond donors (Lipinski definition) is 2. The molecule has 0 amide bonds. The Morgan fingerprint density at radius 2 is 1.79 bits per heavy atom. The summed E-state index contributed by atoms with van der Waals surface area (Å²) in [5, 5.41) is 4.09. The molecule has 3 N–H and O–H groups in total. The summed E-state index contributed by atoms with van der Waals surface area (Å²) >= 11 is 0. The Labute approximate surface area is 112 Å². The molecular weight excluding hydrogens is 234 g/mol. The minimum Gasteiger partial charge on any atom is -0.398 e. The van der Waals surface area contributed by atoms with E-state index in [4.69, 9.17) is 5.73 Å². The summed E-state index contributed by atoms with van der Waals surface area (Å²) in [6.07, 6.45) is 0. The number of aromatic nitrogens is 1. The Bertz CT molecular complexity index is 721. The number of nitrogen functional groups attached to an aromatic ring is 1. The fraction of sp³-hybridized carbons (Fsp3) is 0.0625. The SMILES string of the molecule is CNc1ccc2nc(-c3ccccc3)cc(N)c2c1. The maximum absolute atomic E-state index is 6.15. The fourth-order valence-electron chi connectivity index (χ4n) is 2.16. The molecule has 3 nitrogen and oxygen atoms in total. The van der Waals surface area contributed by atoms with Crippen molar-refractivity contribution in [3.63, 3.8) is 0 Å². The summed E-state index contributed by atoms with van der Waals surface area (Å²) in [6.45, 7) is 0. The molecule has 0 saturated heterocycles. The first kappa shape index (κ1) is 11.5. The van der Waals surface area contributed by atoms with Crippen LogP contribution in [0.15, 0.2) is 54.6 Å². The van der Waals surface area contributed by atoms with Gasteiger partial charge in [-0.3, -0.25) is 0 Å². The number of anilines is 2. The highest BCUT2D eigenvalue weighted by molar-refractivity contribution is 5.94. The Balaban J connectivity index is 2.20. The van der Waals surface area contributed by atoms with Crippen LogP contribution in [-0.2, 0) is 0 Å². The lowest BCUT2D eigenvalue weighted by Gasteiger charge is -2.08. The molecule has 0 aliphatic carbocycles. The molecule has 0 atom stereocenters. The minimum absolute atomic E-state index is 0.751. The third kappa shape index (κ3) is 2.10. The van der Waals surface area contributed by atoms with E-state index in [1.807, 2.05) is 61.6 Å². The van der Waals surface area contributed by atoms with E-state index in [0.29, 0.717) is 0 Å². The summed E-state index contributed by atoms with van der Waals surface area (Å²) in [7, 11) is 1.89. The van der Waals surface area contributed by atoms with Crippen LogP contribution >= 0.6 is 0 Å². The van der Waals surface area contributed by atoms with E-state index < -0.39 is 0 Å². The third-order valence-corrected chi connectivity index (χ3v) is 3.20. The molecule has 19 heavy (non-hydrogen) atoms. The Morgan fingerprint density at radius 3 is 2.53 bits per heavy atom. The maximum Gasteiger partial charge on any atom is 0.0731 e. The third-order valence-electron chi connectivity index (χ3n) is 3.20. The Kier molecular flexibility index (Phi) is 2.80. The molecule has 0 aliphatic heterocycles. The Hall–Kier alpha value is -2.55. The lowest BCUT2D eigenvalue weighted by molar-refractivity contribution is 1.39. The van der Waals surface area contributed by atoms with Crippen molar-refractivity contribution in [3.05, 3.63) is 54.6 Å². The van der Waals surface area contributed by atoms with Gasteiger partial charge in [0.1, 0.15) is 0 Å².